The maximum absolute atomic E-state index is 12.6. The van der Waals surface area contributed by atoms with Gasteiger partial charge < -0.3 is 14.8 Å². The van der Waals surface area contributed by atoms with Crippen LogP contribution >= 0.6 is 11.8 Å². The number of rotatable bonds is 9. The van der Waals surface area contributed by atoms with E-state index in [2.05, 4.69) is 15.5 Å². The minimum atomic E-state index is -0.906. The summed E-state index contributed by atoms with van der Waals surface area (Å²) in [4.78, 5) is 25.2. The monoisotopic (exact) mass is 454 g/mol. The number of benzene rings is 2. The number of amides is 1. The lowest BCUT2D eigenvalue weighted by Crippen LogP contribution is -2.32. The van der Waals surface area contributed by atoms with E-state index in [4.69, 9.17) is 9.47 Å². The number of nitrogens with zero attached hydrogens (tertiary/aromatic N) is 3. The molecule has 1 N–H and O–H groups in total. The highest BCUT2D eigenvalue weighted by Crippen LogP contribution is 2.21. The molecule has 2 aromatic carbocycles. The Kier molecular flexibility index (Phi) is 7.88. The Hall–Kier alpha value is -3.33. The first kappa shape index (κ1) is 23.3. The van der Waals surface area contributed by atoms with Crippen molar-refractivity contribution in [3.8, 4) is 11.4 Å². The van der Waals surface area contributed by atoms with Crippen molar-refractivity contribution in [3.63, 3.8) is 0 Å². The molecular weight excluding hydrogens is 428 g/mol. The number of aromatic nitrogens is 3. The highest BCUT2D eigenvalue weighted by atomic mass is 32.2. The molecule has 0 radical (unpaired) electrons. The van der Waals surface area contributed by atoms with Gasteiger partial charge in [-0.25, -0.2) is 4.79 Å². The molecular formula is C23H26N4O4S. The van der Waals surface area contributed by atoms with Crippen molar-refractivity contribution in [2.75, 3.05) is 18.2 Å². The molecule has 8 nitrogen and oxygen atoms in total. The van der Waals surface area contributed by atoms with Crippen LogP contribution in [0.25, 0.3) is 5.69 Å². The van der Waals surface area contributed by atoms with Gasteiger partial charge in [0.25, 0.3) is 5.91 Å². The Bertz CT molecular complexity index is 1060. The largest absolute Gasteiger partial charge is 0.494 e. The molecule has 0 spiro atoms. The fourth-order valence-electron chi connectivity index (χ4n) is 3.06. The van der Waals surface area contributed by atoms with Crippen molar-refractivity contribution in [1.82, 2.24) is 14.8 Å². The molecule has 3 aromatic rings. The molecule has 0 aliphatic carbocycles. The summed E-state index contributed by atoms with van der Waals surface area (Å²) in [5.74, 6) is 0.530. The lowest BCUT2D eigenvalue weighted by molar-refractivity contribution is -0.124. The molecule has 3 rings (SSSR count). The molecule has 168 valence electrons. The number of ether oxygens (including phenoxy) is 2. The Morgan fingerprint density at radius 2 is 1.75 bits per heavy atom. The fraction of sp³-hybridized carbons (Fsp3) is 0.304. The number of aryl methyl sites for hydroxylation is 1. The van der Waals surface area contributed by atoms with E-state index in [1.165, 1.54) is 11.8 Å². The zero-order valence-corrected chi connectivity index (χ0v) is 19.3. The van der Waals surface area contributed by atoms with Crippen LogP contribution in [-0.4, -0.2) is 45.6 Å². The van der Waals surface area contributed by atoms with E-state index in [9.17, 15) is 9.59 Å². The van der Waals surface area contributed by atoms with Crippen molar-refractivity contribution in [1.29, 1.82) is 0 Å². The van der Waals surface area contributed by atoms with Gasteiger partial charge >= 0.3 is 5.97 Å². The maximum Gasteiger partial charge on any atom is 0.338 e. The van der Waals surface area contributed by atoms with Gasteiger partial charge in [0.05, 0.1) is 12.2 Å². The molecule has 1 amide bonds. The summed E-state index contributed by atoms with van der Waals surface area (Å²) < 4.78 is 12.8. The van der Waals surface area contributed by atoms with Crippen LogP contribution in [-0.2, 0) is 9.53 Å². The van der Waals surface area contributed by atoms with Crippen LogP contribution < -0.4 is 10.1 Å². The molecule has 1 aromatic heterocycles. The van der Waals surface area contributed by atoms with Gasteiger partial charge in [-0.15, -0.1) is 10.2 Å². The topological polar surface area (TPSA) is 95.3 Å². The zero-order valence-electron chi connectivity index (χ0n) is 18.5. The molecule has 0 fully saturated rings. The summed E-state index contributed by atoms with van der Waals surface area (Å²) >= 11 is 1.49. The van der Waals surface area contributed by atoms with E-state index in [-0.39, 0.29) is 5.91 Å². The van der Waals surface area contributed by atoms with Crippen LogP contribution in [0.4, 0.5) is 5.69 Å². The third-order valence-electron chi connectivity index (χ3n) is 4.68. The van der Waals surface area contributed by atoms with Crippen LogP contribution in [0.5, 0.6) is 5.75 Å². The van der Waals surface area contributed by atoms with Gasteiger partial charge in [-0.05, 0) is 75.1 Å². The first-order chi connectivity index (χ1) is 15.5. The van der Waals surface area contributed by atoms with Crippen LogP contribution in [0, 0.1) is 6.92 Å². The second-order valence-corrected chi connectivity index (χ2v) is 7.64. The molecule has 0 aliphatic rings. The lowest BCUT2D eigenvalue weighted by Gasteiger charge is -2.16. The Balaban J connectivity index is 1.65. The normalized spacial score (nSPS) is 11.6. The number of carbonyl (C=O) groups is 2. The quantitative estimate of drug-likeness (QED) is 0.381. The SMILES string of the molecule is CCOc1ccc(NC(=O)C(CC)OC(=O)c2ccc(-n3c(C)nnc3SC)cc2)cc1. The van der Waals surface area contributed by atoms with Gasteiger partial charge in [0.15, 0.2) is 11.3 Å². The highest BCUT2D eigenvalue weighted by molar-refractivity contribution is 7.98. The highest BCUT2D eigenvalue weighted by Gasteiger charge is 2.22. The molecule has 1 atom stereocenters. The van der Waals surface area contributed by atoms with E-state index in [0.29, 0.717) is 24.3 Å². The first-order valence-electron chi connectivity index (χ1n) is 10.3. The Morgan fingerprint density at radius 1 is 1.06 bits per heavy atom. The van der Waals surface area contributed by atoms with Crippen LogP contribution in [0.3, 0.4) is 0 Å². The number of carbonyl (C=O) groups excluding carboxylic acids is 2. The molecule has 0 bridgehead atoms. The van der Waals surface area contributed by atoms with Gasteiger partial charge in [-0.1, -0.05) is 18.7 Å². The summed E-state index contributed by atoms with van der Waals surface area (Å²) in [7, 11) is 0. The standard InChI is InChI=1S/C23H26N4O4S/c1-5-20(21(28)24-17-9-13-19(14-10-17)30-6-2)31-22(29)16-7-11-18(12-8-16)27-15(3)25-26-23(27)32-4/h7-14,20H,5-6H2,1-4H3,(H,24,28). The summed E-state index contributed by atoms with van der Waals surface area (Å²) in [6, 6.07) is 14.0. The predicted octanol–water partition coefficient (Wildman–Crippen LogP) is 4.27. The lowest BCUT2D eigenvalue weighted by atomic mass is 10.2. The summed E-state index contributed by atoms with van der Waals surface area (Å²) in [6.07, 6.45) is 1.37. The van der Waals surface area contributed by atoms with E-state index >= 15 is 0 Å². The molecule has 0 saturated heterocycles. The number of nitrogens with one attached hydrogen (secondary N) is 1. The van der Waals surface area contributed by atoms with Gasteiger partial charge in [0.1, 0.15) is 11.6 Å². The smallest absolute Gasteiger partial charge is 0.338 e. The summed E-state index contributed by atoms with van der Waals surface area (Å²) in [5.41, 5.74) is 1.80. The van der Waals surface area contributed by atoms with Crippen molar-refractivity contribution in [2.45, 2.75) is 38.5 Å². The fourth-order valence-corrected chi connectivity index (χ4v) is 3.60. The van der Waals surface area contributed by atoms with Gasteiger partial charge in [0, 0.05) is 11.4 Å². The average Bonchev–Trinajstić information content (AvgIpc) is 3.19. The molecule has 9 heteroatoms. The number of hydrogen-bond donors (Lipinski definition) is 1. The van der Waals surface area contributed by atoms with E-state index in [1.54, 1.807) is 55.5 Å². The molecule has 0 saturated carbocycles. The maximum atomic E-state index is 12.6. The van der Waals surface area contributed by atoms with E-state index in [1.807, 2.05) is 24.7 Å². The Labute approximate surface area is 191 Å². The van der Waals surface area contributed by atoms with Gasteiger partial charge in [-0.2, -0.15) is 0 Å². The predicted molar refractivity (Wildman–Crippen MR) is 124 cm³/mol. The van der Waals surface area contributed by atoms with Gasteiger partial charge in [0.2, 0.25) is 0 Å². The molecule has 1 heterocycles. The first-order valence-corrected chi connectivity index (χ1v) is 11.5. The van der Waals surface area contributed by atoms with Crippen LogP contribution in [0.15, 0.2) is 53.7 Å². The summed E-state index contributed by atoms with van der Waals surface area (Å²) in [5, 5.41) is 11.7. The van der Waals surface area contributed by atoms with Crippen molar-refractivity contribution >= 4 is 29.3 Å². The number of hydrogen-bond acceptors (Lipinski definition) is 7. The van der Waals surface area contributed by atoms with Crippen LogP contribution in [0.1, 0.15) is 36.5 Å². The second-order valence-electron chi connectivity index (χ2n) is 6.87. The average molecular weight is 455 g/mol. The third-order valence-corrected chi connectivity index (χ3v) is 5.31. The zero-order chi connectivity index (χ0) is 23.1. The number of esters is 1. The van der Waals surface area contributed by atoms with Gasteiger partial charge in [-0.3, -0.25) is 9.36 Å². The number of thioether (sulfide) groups is 1. The Morgan fingerprint density at radius 3 is 2.34 bits per heavy atom. The minimum Gasteiger partial charge on any atom is -0.494 e. The number of anilines is 1. The van der Waals surface area contributed by atoms with E-state index < -0.39 is 12.1 Å². The van der Waals surface area contributed by atoms with E-state index in [0.717, 1.165) is 22.4 Å². The minimum absolute atomic E-state index is 0.351. The van der Waals surface area contributed by atoms with Crippen LogP contribution in [0.2, 0.25) is 0 Å². The van der Waals surface area contributed by atoms with Crippen molar-refractivity contribution in [2.24, 2.45) is 0 Å². The summed E-state index contributed by atoms with van der Waals surface area (Å²) in [6.45, 7) is 6.13. The van der Waals surface area contributed by atoms with Crippen molar-refractivity contribution < 1.29 is 19.1 Å². The molecule has 1 unspecified atom stereocenters. The second kappa shape index (κ2) is 10.8. The third kappa shape index (κ3) is 5.47. The molecule has 0 aliphatic heterocycles. The van der Waals surface area contributed by atoms with Crippen molar-refractivity contribution in [3.05, 3.63) is 59.9 Å². The molecule has 32 heavy (non-hydrogen) atoms.